The highest BCUT2D eigenvalue weighted by Gasteiger charge is 2.39. The van der Waals surface area contributed by atoms with E-state index < -0.39 is 0 Å². The Morgan fingerprint density at radius 1 is 1.20 bits per heavy atom. The molecule has 0 saturated heterocycles. The molecule has 0 spiro atoms. The van der Waals surface area contributed by atoms with Gasteiger partial charge in [-0.2, -0.15) is 0 Å². The van der Waals surface area contributed by atoms with Gasteiger partial charge in [0.25, 0.3) is 5.69 Å². The second-order valence-corrected chi connectivity index (χ2v) is 7.39. The summed E-state index contributed by atoms with van der Waals surface area (Å²) in [5.41, 5.74) is 5.78. The molecule has 0 bridgehead atoms. The number of nitrogens with one attached hydrogen (secondary N) is 1. The van der Waals surface area contributed by atoms with Crippen LogP contribution in [0.3, 0.4) is 0 Å². The number of non-ortho nitro benzene ring substituents is 1. The number of halogens is 1. The molecule has 1 heterocycles. The second-order valence-electron chi connectivity index (χ2n) is 6.98. The van der Waals surface area contributed by atoms with Crippen molar-refractivity contribution in [3.05, 3.63) is 79.9 Å². The molecule has 4 nitrogen and oxygen atoms in total. The fraction of sp³-hybridized carbons (Fsp3) is 0.300. The van der Waals surface area contributed by atoms with Crippen molar-refractivity contribution in [2.24, 2.45) is 5.92 Å². The number of nitrogens with zero attached hydrogens (tertiary/aromatic N) is 1. The van der Waals surface area contributed by atoms with Crippen LogP contribution in [0.5, 0.6) is 0 Å². The summed E-state index contributed by atoms with van der Waals surface area (Å²) in [4.78, 5) is 10.8. The van der Waals surface area contributed by atoms with Gasteiger partial charge in [0, 0.05) is 34.3 Å². The molecule has 4 rings (SSSR count). The normalized spacial score (nSPS) is 23.7. The second kappa shape index (κ2) is 5.88. The summed E-state index contributed by atoms with van der Waals surface area (Å²) in [6.45, 7) is 4.22. The molecule has 1 aliphatic carbocycles. The van der Waals surface area contributed by atoms with E-state index in [2.05, 4.69) is 43.4 Å². The molecule has 5 heteroatoms. The summed E-state index contributed by atoms with van der Waals surface area (Å²) in [5.74, 6) is 0.628. The molecular formula is C20H19ClN2O2. The average Bonchev–Trinajstić information content (AvgIpc) is 3.05. The Hall–Kier alpha value is -2.33. The molecule has 2 aromatic carbocycles. The van der Waals surface area contributed by atoms with Crippen LogP contribution in [0, 0.1) is 29.9 Å². The van der Waals surface area contributed by atoms with Crippen LogP contribution in [0.25, 0.3) is 0 Å². The van der Waals surface area contributed by atoms with E-state index in [0.717, 1.165) is 17.7 Å². The molecule has 2 aliphatic rings. The first kappa shape index (κ1) is 16.2. The van der Waals surface area contributed by atoms with Gasteiger partial charge in [0.1, 0.15) is 0 Å². The van der Waals surface area contributed by atoms with E-state index in [1.807, 2.05) is 0 Å². The molecule has 25 heavy (non-hydrogen) atoms. The van der Waals surface area contributed by atoms with Gasteiger partial charge in [-0.3, -0.25) is 10.1 Å². The molecule has 0 radical (unpaired) electrons. The first-order valence-corrected chi connectivity index (χ1v) is 8.81. The Morgan fingerprint density at radius 3 is 2.76 bits per heavy atom. The lowest BCUT2D eigenvalue weighted by molar-refractivity contribution is -0.384. The van der Waals surface area contributed by atoms with E-state index in [1.165, 1.54) is 22.8 Å². The van der Waals surface area contributed by atoms with Crippen molar-refractivity contribution in [2.45, 2.75) is 32.2 Å². The van der Waals surface area contributed by atoms with E-state index in [-0.39, 0.29) is 16.7 Å². The van der Waals surface area contributed by atoms with Gasteiger partial charge in [0.15, 0.2) is 0 Å². The number of hydrogen-bond donors (Lipinski definition) is 1. The van der Waals surface area contributed by atoms with Gasteiger partial charge in [0.05, 0.1) is 11.0 Å². The van der Waals surface area contributed by atoms with Crippen molar-refractivity contribution >= 4 is 23.0 Å². The minimum Gasteiger partial charge on any atom is -0.377 e. The number of hydrogen-bond acceptors (Lipinski definition) is 3. The van der Waals surface area contributed by atoms with E-state index in [9.17, 15) is 10.1 Å². The number of nitro groups is 1. The molecule has 0 saturated carbocycles. The lowest BCUT2D eigenvalue weighted by Gasteiger charge is -2.38. The Labute approximate surface area is 151 Å². The third-order valence-electron chi connectivity index (χ3n) is 5.34. The van der Waals surface area contributed by atoms with Crippen LogP contribution in [0.1, 0.15) is 40.6 Å². The predicted molar refractivity (Wildman–Crippen MR) is 100 cm³/mol. The molecule has 128 valence electrons. The van der Waals surface area contributed by atoms with Gasteiger partial charge in [-0.25, -0.2) is 0 Å². The molecule has 3 atom stereocenters. The maximum Gasteiger partial charge on any atom is 0.269 e. The van der Waals surface area contributed by atoms with Gasteiger partial charge < -0.3 is 5.32 Å². The van der Waals surface area contributed by atoms with Crippen molar-refractivity contribution in [3.8, 4) is 0 Å². The Bertz CT molecular complexity index is 907. The Morgan fingerprint density at radius 2 is 2.00 bits per heavy atom. The number of benzene rings is 2. The van der Waals surface area contributed by atoms with Crippen molar-refractivity contribution in [1.82, 2.24) is 0 Å². The first-order valence-electron chi connectivity index (χ1n) is 8.44. The Kier molecular flexibility index (Phi) is 3.80. The zero-order valence-corrected chi connectivity index (χ0v) is 14.9. The number of anilines is 1. The summed E-state index contributed by atoms with van der Waals surface area (Å²) in [7, 11) is 0. The summed E-state index contributed by atoms with van der Waals surface area (Å²) in [6, 6.07) is 9.07. The van der Waals surface area contributed by atoms with E-state index in [0.29, 0.717) is 16.9 Å². The number of fused-ring (bicyclic) bond motifs is 3. The van der Waals surface area contributed by atoms with Crippen molar-refractivity contribution in [1.29, 1.82) is 0 Å². The largest absolute Gasteiger partial charge is 0.377 e. The maximum absolute atomic E-state index is 11.2. The fourth-order valence-electron chi connectivity index (χ4n) is 4.26. The van der Waals surface area contributed by atoms with Gasteiger partial charge in [0.2, 0.25) is 0 Å². The number of nitro benzene ring substituents is 1. The molecule has 1 aliphatic heterocycles. The van der Waals surface area contributed by atoms with E-state index >= 15 is 0 Å². The standard InChI is InChI=1S/C20H19ClN2O2/c1-11-8-12(2)19-16(9-11)14-4-3-5-15(14)20(22-19)17-10-13(23(24)25)6-7-18(17)21/h3-4,6-10,14-15,20,22H,5H2,1-2H3. The van der Waals surface area contributed by atoms with Crippen LogP contribution in [0.2, 0.25) is 5.02 Å². The molecule has 0 fully saturated rings. The fourth-order valence-corrected chi connectivity index (χ4v) is 4.50. The van der Waals surface area contributed by atoms with Crippen molar-refractivity contribution < 1.29 is 4.92 Å². The van der Waals surface area contributed by atoms with E-state index in [1.54, 1.807) is 12.1 Å². The van der Waals surface area contributed by atoms with E-state index in [4.69, 9.17) is 11.6 Å². The highest BCUT2D eigenvalue weighted by atomic mass is 35.5. The van der Waals surface area contributed by atoms with Gasteiger partial charge in [-0.1, -0.05) is 41.4 Å². The van der Waals surface area contributed by atoms with Gasteiger partial charge in [-0.05, 0) is 43.4 Å². The van der Waals surface area contributed by atoms with Crippen LogP contribution in [-0.4, -0.2) is 4.92 Å². The molecule has 0 aromatic heterocycles. The third kappa shape index (κ3) is 2.61. The van der Waals surface area contributed by atoms with Crippen LogP contribution in [0.4, 0.5) is 11.4 Å². The molecule has 3 unspecified atom stereocenters. The highest BCUT2D eigenvalue weighted by molar-refractivity contribution is 6.31. The summed E-state index contributed by atoms with van der Waals surface area (Å²) in [5, 5.41) is 15.4. The molecular weight excluding hydrogens is 336 g/mol. The third-order valence-corrected chi connectivity index (χ3v) is 5.68. The lowest BCUT2D eigenvalue weighted by Crippen LogP contribution is -2.30. The minimum absolute atomic E-state index is 0.0405. The molecule has 2 aromatic rings. The zero-order valence-electron chi connectivity index (χ0n) is 14.1. The highest BCUT2D eigenvalue weighted by Crippen LogP contribution is 2.52. The first-order chi connectivity index (χ1) is 12.0. The summed E-state index contributed by atoms with van der Waals surface area (Å²) >= 11 is 6.43. The molecule has 0 amide bonds. The topological polar surface area (TPSA) is 55.2 Å². The van der Waals surface area contributed by atoms with Crippen LogP contribution in [-0.2, 0) is 0 Å². The van der Waals surface area contributed by atoms with Gasteiger partial charge in [-0.15, -0.1) is 0 Å². The smallest absolute Gasteiger partial charge is 0.269 e. The van der Waals surface area contributed by atoms with Crippen LogP contribution >= 0.6 is 11.6 Å². The minimum atomic E-state index is -0.365. The van der Waals surface area contributed by atoms with Crippen LogP contribution in [0.15, 0.2) is 42.5 Å². The number of allylic oxidation sites excluding steroid dienone is 2. The summed E-state index contributed by atoms with van der Waals surface area (Å²) in [6.07, 6.45) is 5.41. The monoisotopic (exact) mass is 354 g/mol. The van der Waals surface area contributed by atoms with Gasteiger partial charge >= 0.3 is 0 Å². The van der Waals surface area contributed by atoms with Crippen molar-refractivity contribution in [2.75, 3.05) is 5.32 Å². The average molecular weight is 355 g/mol. The quantitative estimate of drug-likeness (QED) is 0.428. The number of rotatable bonds is 2. The SMILES string of the molecule is Cc1cc(C)c2c(c1)C1C=CCC1C(c1cc([N+](=O)[O-])ccc1Cl)N2. The molecule has 1 N–H and O–H groups in total. The number of aryl methyl sites for hydroxylation is 2. The summed E-state index contributed by atoms with van der Waals surface area (Å²) < 4.78 is 0. The lowest BCUT2D eigenvalue weighted by atomic mass is 9.76. The zero-order chi connectivity index (χ0) is 17.7. The Balaban J connectivity index is 1.85. The maximum atomic E-state index is 11.2. The predicted octanol–water partition coefficient (Wildman–Crippen LogP) is 5.69. The van der Waals surface area contributed by atoms with Crippen molar-refractivity contribution in [3.63, 3.8) is 0 Å². The van der Waals surface area contributed by atoms with Crippen LogP contribution < -0.4 is 5.32 Å².